The molecule has 35 heavy (non-hydrogen) atoms. The van der Waals surface area contributed by atoms with Crippen molar-refractivity contribution in [3.05, 3.63) is 48.0 Å². The van der Waals surface area contributed by atoms with Crippen molar-refractivity contribution in [1.82, 2.24) is 10.2 Å². The molecule has 3 aromatic rings. The van der Waals surface area contributed by atoms with Crippen molar-refractivity contribution in [3.8, 4) is 23.0 Å². The zero-order valence-electron chi connectivity index (χ0n) is 18.9. The molecular formula is C23H22N4O6S2. The Kier molecular flexibility index (Phi) is 8.06. The molecule has 0 atom stereocenters. The van der Waals surface area contributed by atoms with E-state index in [1.165, 1.54) is 29.2 Å². The van der Waals surface area contributed by atoms with Crippen molar-refractivity contribution < 1.29 is 28.5 Å². The van der Waals surface area contributed by atoms with E-state index in [0.29, 0.717) is 51.4 Å². The van der Waals surface area contributed by atoms with Gasteiger partial charge in [-0.15, -0.1) is 10.2 Å². The van der Waals surface area contributed by atoms with E-state index in [1.807, 2.05) is 0 Å². The van der Waals surface area contributed by atoms with Crippen molar-refractivity contribution in [2.24, 2.45) is 0 Å². The molecule has 0 radical (unpaired) electrons. The Morgan fingerprint density at radius 3 is 2.63 bits per heavy atom. The number of anilines is 2. The first kappa shape index (κ1) is 24.4. The lowest BCUT2D eigenvalue weighted by Crippen LogP contribution is -2.17. The summed E-state index contributed by atoms with van der Waals surface area (Å²) in [5.41, 5.74) is 1.39. The zero-order valence-corrected chi connectivity index (χ0v) is 20.5. The van der Waals surface area contributed by atoms with Gasteiger partial charge < -0.3 is 24.3 Å². The van der Waals surface area contributed by atoms with Crippen LogP contribution in [-0.2, 0) is 9.59 Å². The largest absolute Gasteiger partial charge is 0.493 e. The molecule has 2 N–H and O–H groups in total. The number of aromatic nitrogens is 2. The van der Waals surface area contributed by atoms with Crippen LogP contribution in [0.1, 0.15) is 5.56 Å². The minimum absolute atomic E-state index is 0.135. The predicted molar refractivity (Wildman–Crippen MR) is 134 cm³/mol. The normalized spacial score (nSPS) is 12.3. The molecule has 2 heterocycles. The second kappa shape index (κ2) is 11.6. The maximum absolute atomic E-state index is 12.3. The van der Waals surface area contributed by atoms with Gasteiger partial charge in [-0.25, -0.2) is 0 Å². The van der Waals surface area contributed by atoms with Gasteiger partial charge in [0, 0.05) is 17.8 Å². The summed E-state index contributed by atoms with van der Waals surface area (Å²) in [5, 5.41) is 13.8. The number of carbonyl (C=O) groups is 2. The molecule has 4 rings (SSSR count). The van der Waals surface area contributed by atoms with Crippen LogP contribution in [-0.4, -0.2) is 55.2 Å². The summed E-state index contributed by atoms with van der Waals surface area (Å²) in [6.45, 7) is 0.982. The first-order valence-electron chi connectivity index (χ1n) is 10.4. The van der Waals surface area contributed by atoms with Crippen LogP contribution in [0.5, 0.6) is 23.0 Å². The summed E-state index contributed by atoms with van der Waals surface area (Å²) in [6, 6.07) is 10.6. The summed E-state index contributed by atoms with van der Waals surface area (Å²) >= 11 is 2.41. The van der Waals surface area contributed by atoms with Gasteiger partial charge in [-0.2, -0.15) is 0 Å². The molecule has 182 valence electrons. The van der Waals surface area contributed by atoms with E-state index < -0.39 is 0 Å². The van der Waals surface area contributed by atoms with Gasteiger partial charge in [-0.1, -0.05) is 29.2 Å². The maximum Gasteiger partial charge on any atom is 0.250 e. The molecule has 0 saturated carbocycles. The van der Waals surface area contributed by atoms with Crippen molar-refractivity contribution >= 4 is 51.8 Å². The molecule has 0 spiro atoms. The summed E-state index contributed by atoms with van der Waals surface area (Å²) in [7, 11) is 3.10. The summed E-state index contributed by atoms with van der Waals surface area (Å²) < 4.78 is 22.0. The fourth-order valence-electron chi connectivity index (χ4n) is 3.04. The molecule has 2 aromatic carbocycles. The molecule has 0 unspecified atom stereocenters. The van der Waals surface area contributed by atoms with Crippen molar-refractivity contribution in [1.29, 1.82) is 0 Å². The number of amides is 2. The number of nitrogens with one attached hydrogen (secondary N) is 2. The van der Waals surface area contributed by atoms with Gasteiger partial charge in [-0.3, -0.25) is 14.9 Å². The molecule has 1 aliphatic heterocycles. The standard InChI is InChI=1S/C23H22N4O6S2/c1-30-16-6-3-14(11-18(16)31-2)4-8-20(28)25-22-26-27-23(35-22)34-13-21(29)24-15-5-7-17-19(12-15)33-10-9-32-17/h3-8,11-12H,9-10,13H2,1-2H3,(H,24,29)(H,25,26,28)/b8-4+. The number of nitrogens with zero attached hydrogens (tertiary/aromatic N) is 2. The summed E-state index contributed by atoms with van der Waals surface area (Å²) in [5.74, 6) is 2.01. The highest BCUT2D eigenvalue weighted by Crippen LogP contribution is 2.33. The Bertz CT molecular complexity index is 1250. The van der Waals surface area contributed by atoms with Crippen molar-refractivity contribution in [3.63, 3.8) is 0 Å². The van der Waals surface area contributed by atoms with Crippen molar-refractivity contribution in [2.45, 2.75) is 4.34 Å². The van der Waals surface area contributed by atoms with E-state index in [1.54, 1.807) is 56.7 Å². The first-order chi connectivity index (χ1) is 17.0. The summed E-state index contributed by atoms with van der Waals surface area (Å²) in [4.78, 5) is 24.5. The van der Waals surface area contributed by atoms with Crippen LogP contribution >= 0.6 is 23.1 Å². The number of ether oxygens (including phenoxy) is 4. The average Bonchev–Trinajstić information content (AvgIpc) is 3.33. The predicted octanol–water partition coefficient (Wildman–Crippen LogP) is 3.71. The Hall–Kier alpha value is -3.77. The molecule has 1 aliphatic rings. The number of methoxy groups -OCH3 is 2. The van der Waals surface area contributed by atoms with Crippen LogP contribution in [0.4, 0.5) is 10.8 Å². The lowest BCUT2D eigenvalue weighted by molar-refractivity contribution is -0.114. The second-order valence-corrected chi connectivity index (χ2v) is 9.21. The Balaban J connectivity index is 1.25. The Morgan fingerprint density at radius 2 is 1.83 bits per heavy atom. The molecule has 0 bridgehead atoms. The van der Waals surface area contributed by atoms with Crippen LogP contribution in [0.2, 0.25) is 0 Å². The molecule has 0 fully saturated rings. The van der Waals surface area contributed by atoms with Gasteiger partial charge in [0.25, 0.3) is 0 Å². The monoisotopic (exact) mass is 514 g/mol. The SMILES string of the molecule is COc1ccc(/C=C/C(=O)Nc2nnc(SCC(=O)Nc3ccc4c(c3)OCCO4)s2)cc1OC. The van der Waals surface area contributed by atoms with Gasteiger partial charge in [-0.05, 0) is 35.9 Å². The number of thioether (sulfide) groups is 1. The highest BCUT2D eigenvalue weighted by Gasteiger charge is 2.14. The fraction of sp³-hybridized carbons (Fsp3) is 0.217. The molecule has 12 heteroatoms. The minimum atomic E-state index is -0.358. The van der Waals surface area contributed by atoms with E-state index in [4.69, 9.17) is 18.9 Å². The van der Waals surface area contributed by atoms with E-state index in [0.717, 1.165) is 5.56 Å². The average molecular weight is 515 g/mol. The Morgan fingerprint density at radius 1 is 1.03 bits per heavy atom. The third-order valence-electron chi connectivity index (χ3n) is 4.62. The number of carbonyl (C=O) groups excluding carboxylic acids is 2. The molecule has 0 saturated heterocycles. The smallest absolute Gasteiger partial charge is 0.250 e. The number of fused-ring (bicyclic) bond motifs is 1. The van der Waals surface area contributed by atoms with Gasteiger partial charge in [0.1, 0.15) is 13.2 Å². The van der Waals surface area contributed by atoms with Crippen LogP contribution in [0.15, 0.2) is 46.8 Å². The lowest BCUT2D eigenvalue weighted by Gasteiger charge is -2.18. The lowest BCUT2D eigenvalue weighted by atomic mass is 10.2. The third kappa shape index (κ3) is 6.64. The maximum atomic E-state index is 12.3. The highest BCUT2D eigenvalue weighted by molar-refractivity contribution is 8.01. The molecule has 10 nitrogen and oxygen atoms in total. The molecule has 1 aromatic heterocycles. The molecule has 2 amide bonds. The quantitative estimate of drug-likeness (QED) is 0.250. The number of hydrogen-bond acceptors (Lipinski definition) is 10. The topological polar surface area (TPSA) is 121 Å². The van der Waals surface area contributed by atoms with Gasteiger partial charge in [0.2, 0.25) is 16.9 Å². The number of benzene rings is 2. The van der Waals surface area contributed by atoms with E-state index in [2.05, 4.69) is 20.8 Å². The number of hydrogen-bond donors (Lipinski definition) is 2. The van der Waals surface area contributed by atoms with Crippen LogP contribution in [0, 0.1) is 0 Å². The first-order valence-corrected chi connectivity index (χ1v) is 12.2. The van der Waals surface area contributed by atoms with E-state index >= 15 is 0 Å². The zero-order chi connectivity index (χ0) is 24.6. The summed E-state index contributed by atoms with van der Waals surface area (Å²) in [6.07, 6.45) is 3.03. The van der Waals surface area contributed by atoms with E-state index in [9.17, 15) is 9.59 Å². The highest BCUT2D eigenvalue weighted by atomic mass is 32.2. The van der Waals surface area contributed by atoms with Crippen LogP contribution < -0.4 is 29.6 Å². The van der Waals surface area contributed by atoms with Crippen molar-refractivity contribution in [2.75, 3.05) is 43.8 Å². The van der Waals surface area contributed by atoms with Gasteiger partial charge in [0.15, 0.2) is 27.3 Å². The fourth-order valence-corrected chi connectivity index (χ4v) is 4.59. The van der Waals surface area contributed by atoms with Crippen LogP contribution in [0.3, 0.4) is 0 Å². The van der Waals surface area contributed by atoms with Crippen LogP contribution in [0.25, 0.3) is 6.08 Å². The second-order valence-electron chi connectivity index (χ2n) is 7.01. The third-order valence-corrected chi connectivity index (χ3v) is 6.60. The minimum Gasteiger partial charge on any atom is -0.493 e. The Labute approximate surface area is 209 Å². The van der Waals surface area contributed by atoms with Gasteiger partial charge >= 0.3 is 0 Å². The van der Waals surface area contributed by atoms with Gasteiger partial charge in [0.05, 0.1) is 20.0 Å². The van der Waals surface area contributed by atoms with E-state index in [-0.39, 0.29) is 17.6 Å². The molecule has 0 aliphatic carbocycles. The molecular weight excluding hydrogens is 492 g/mol. The number of rotatable bonds is 9.